The van der Waals surface area contributed by atoms with Crippen molar-refractivity contribution in [3.63, 3.8) is 0 Å². The maximum atomic E-state index is 11.3. The lowest BCUT2D eigenvalue weighted by molar-refractivity contribution is 0.689. The Bertz CT molecular complexity index is 5260. The van der Waals surface area contributed by atoms with Crippen molar-refractivity contribution in [2.24, 2.45) is 68.2 Å². The van der Waals surface area contributed by atoms with E-state index in [1.165, 1.54) is 47.3 Å². The molecule has 10 aromatic heterocycles. The first kappa shape index (κ1) is 122. The summed E-state index contributed by atoms with van der Waals surface area (Å²) in [5, 5.41) is 34.0. The van der Waals surface area contributed by atoms with Crippen molar-refractivity contribution < 1.29 is 0 Å². The largest absolute Gasteiger partial charge is 0.347 e. The summed E-state index contributed by atoms with van der Waals surface area (Å²) in [4.78, 5) is 83.2. The Balaban J connectivity index is 0.000000742. The molecular weight excluding hydrogens is 1710 g/mol. The molecule has 0 bridgehead atoms. The predicted octanol–water partition coefficient (Wildman–Crippen LogP) is 21.6. The van der Waals surface area contributed by atoms with Gasteiger partial charge in [-0.1, -0.05) is 200 Å². The van der Waals surface area contributed by atoms with Gasteiger partial charge in [0.15, 0.2) is 0 Å². The molecule has 0 saturated carbocycles. The summed E-state index contributed by atoms with van der Waals surface area (Å²) in [5.74, 6) is 6.24. The Kier molecular flexibility index (Phi) is 56.8. The van der Waals surface area contributed by atoms with E-state index in [1.807, 2.05) is 156 Å². The summed E-state index contributed by atoms with van der Waals surface area (Å²) in [7, 11) is 8.50. The zero-order chi connectivity index (χ0) is 104. The van der Waals surface area contributed by atoms with Gasteiger partial charge in [0.1, 0.15) is 0 Å². The molecule has 13 heterocycles. The maximum absolute atomic E-state index is 11.3. The fourth-order valence-electron chi connectivity index (χ4n) is 11.2. The second-order valence-corrected chi connectivity index (χ2v) is 37.5. The molecule has 3 aliphatic rings. The Hall–Kier alpha value is -13.2. The minimum absolute atomic E-state index is 0.00343. The van der Waals surface area contributed by atoms with Gasteiger partial charge in [-0.15, -0.1) is 0 Å². The van der Waals surface area contributed by atoms with Crippen LogP contribution in [-0.2, 0) is 41.8 Å². The lowest BCUT2D eigenvalue weighted by atomic mass is 10.0. The topological polar surface area (TPSA) is 321 Å². The van der Waals surface area contributed by atoms with E-state index in [9.17, 15) is 28.8 Å². The average molecular weight is 1880 g/mol. The Morgan fingerprint density at radius 3 is 0.912 bits per heavy atom. The van der Waals surface area contributed by atoms with Crippen LogP contribution in [0.4, 0.5) is 0 Å². The van der Waals surface area contributed by atoms with Crippen LogP contribution in [0.1, 0.15) is 325 Å². The molecule has 0 unspecified atom stereocenters. The fourth-order valence-corrected chi connectivity index (χ4v) is 11.2. The van der Waals surface area contributed by atoms with Gasteiger partial charge < -0.3 is 23.6 Å². The van der Waals surface area contributed by atoms with Gasteiger partial charge in [-0.25, -0.2) is 19.3 Å². The minimum Gasteiger partial charge on any atom is -0.347 e. The van der Waals surface area contributed by atoms with Crippen LogP contribution >= 0.6 is 0 Å². The van der Waals surface area contributed by atoms with Crippen molar-refractivity contribution in [1.29, 1.82) is 0 Å². The first-order valence-electron chi connectivity index (χ1n) is 47.2. The number of nitrogens with one attached hydrogen (secondary N) is 3. The Morgan fingerprint density at radius 1 is 0.328 bits per heavy atom. The monoisotopic (exact) mass is 1870 g/mol. The van der Waals surface area contributed by atoms with Gasteiger partial charge in [0.05, 0.1) is 67.0 Å². The van der Waals surface area contributed by atoms with Crippen LogP contribution in [-0.4, -0.2) is 91.9 Å². The SMILES string of the molecule is C=C1C=C(C(C)C)C=NN1.C=C1C=C(C(C)C)C=NN1.C=C1C=C(C(C)C)N=CN1.CC(C)c1cc(=O)n(C)cn1.CC(C)c1ccn(C)c(=O)c1.CC(C)c1ccn(C)c(=O)c1.CC(C)c1cnn(C)c(=O)c1.CC(C)c1cnn(C)c(=O)c1.CCn1ccc(C(C)C)cc1=O.Cc1cc(C(C)C)ccn1.Cc1cc(C(C)C)ccn1.Cc1cc(C(C)C)cnn1.Cc1cc(C(C)C)cnn1. The van der Waals surface area contributed by atoms with Crippen LogP contribution in [0.25, 0.3) is 0 Å². The van der Waals surface area contributed by atoms with Crippen LogP contribution in [0.5, 0.6) is 0 Å². The summed E-state index contributed by atoms with van der Waals surface area (Å²) in [5.41, 5.74) is 27.5. The number of hydrogen-bond acceptors (Lipinski definition) is 21. The number of nitrogens with zero attached hydrogens (tertiary/aromatic N) is 18. The van der Waals surface area contributed by atoms with Crippen LogP contribution in [0, 0.1) is 45.4 Å². The molecule has 0 fully saturated rings. The van der Waals surface area contributed by atoms with Gasteiger partial charge in [-0.3, -0.25) is 49.6 Å². The molecule has 3 aliphatic heterocycles. The molecule has 13 rings (SSSR count). The summed E-state index contributed by atoms with van der Waals surface area (Å²) < 4.78 is 8.97. The molecule has 0 radical (unpaired) electrons. The number of hydrazone groups is 2. The quantitative estimate of drug-likeness (QED) is 0.0910. The first-order chi connectivity index (χ1) is 64.1. The fraction of sp³-hybridized carbons (Fsp3) is 0.455. The summed E-state index contributed by atoms with van der Waals surface area (Å²) in [6.07, 6.45) is 29.2. The second-order valence-electron chi connectivity index (χ2n) is 37.5. The lowest BCUT2D eigenvalue weighted by Gasteiger charge is -2.11. The normalized spacial score (nSPS) is 11.9. The van der Waals surface area contributed by atoms with E-state index >= 15 is 0 Å². The number of allylic oxidation sites excluding steroid dienone is 6. The van der Waals surface area contributed by atoms with E-state index in [4.69, 9.17) is 0 Å². The molecule has 0 aliphatic carbocycles. The highest BCUT2D eigenvalue weighted by Gasteiger charge is 2.11. The highest BCUT2D eigenvalue weighted by Crippen LogP contribution is 2.20. The molecule has 137 heavy (non-hydrogen) atoms. The molecule has 0 saturated heterocycles. The number of pyridine rings is 5. The number of rotatable bonds is 14. The van der Waals surface area contributed by atoms with E-state index < -0.39 is 0 Å². The van der Waals surface area contributed by atoms with E-state index in [0.717, 1.165) is 85.6 Å². The van der Waals surface area contributed by atoms with Crippen molar-refractivity contribution in [1.82, 2.24) is 89.3 Å². The third kappa shape index (κ3) is 50.3. The third-order valence-corrected chi connectivity index (χ3v) is 20.9. The van der Waals surface area contributed by atoms with E-state index in [0.29, 0.717) is 76.9 Å². The Morgan fingerprint density at radius 2 is 0.657 bits per heavy atom. The standard InChI is InChI=1S/C10H15NO.2C9H13NO.2C9H13N.3C8H12N2O.5C8H12N2/c1-4-11-6-5-9(8(2)3)7-10(11)12;2*1-7(2)8-4-5-10(3)9(11)6-8;2*1-7(2)9-4-5-10-8(3)6-9;1-6(2)7-4-8(11)10(3)5-9-7;2*1-6(2)7-4-8(11)10(3)9-5-7;1-6(2)8-4-7(3)9-5-10-8;4*1-6(2)8-4-7(3)10-9-5-8/h5-8H,4H2,1-3H3;2*4-7H,1-3H3;2*4-7H,1-3H3;3*4-6H,1-3H3;4-6H,3H2,1-2H3,(H,9,10);2*4-6H,1-3H3;2*4-6,10H,3H2,1-2H3. The van der Waals surface area contributed by atoms with Crippen LogP contribution in [0.3, 0.4) is 0 Å². The summed E-state index contributed by atoms with van der Waals surface area (Å²) >= 11 is 0. The molecule has 10 aromatic rings. The van der Waals surface area contributed by atoms with Gasteiger partial charge in [-0.05, 0) is 246 Å². The number of aromatic nitrogens is 15. The summed E-state index contributed by atoms with van der Waals surface area (Å²) in [6.45, 7) is 76.7. The zero-order valence-electron chi connectivity index (χ0n) is 89.2. The first-order valence-corrected chi connectivity index (χ1v) is 47.2. The van der Waals surface area contributed by atoms with Gasteiger partial charge in [0.2, 0.25) is 0 Å². The predicted molar refractivity (Wildman–Crippen MR) is 572 cm³/mol. The molecule has 0 amide bonds. The van der Waals surface area contributed by atoms with E-state index in [-0.39, 0.29) is 33.4 Å². The number of aryl methyl sites for hydroxylation is 10. The van der Waals surface area contributed by atoms with Crippen molar-refractivity contribution in [3.8, 4) is 0 Å². The van der Waals surface area contributed by atoms with Gasteiger partial charge in [0, 0.05) is 143 Å². The van der Waals surface area contributed by atoms with Crippen molar-refractivity contribution >= 4 is 18.8 Å². The number of aliphatic imine (C=N–C) groups is 1. The van der Waals surface area contributed by atoms with E-state index in [1.54, 1.807) is 123 Å². The Labute approximate surface area is 817 Å². The molecule has 27 heteroatoms. The molecular formula is C110H163N21O6. The van der Waals surface area contributed by atoms with Crippen LogP contribution in [0.2, 0.25) is 0 Å². The minimum atomic E-state index is -0.0452. The van der Waals surface area contributed by atoms with Gasteiger partial charge >= 0.3 is 0 Å². The van der Waals surface area contributed by atoms with Crippen molar-refractivity contribution in [2.75, 3.05) is 0 Å². The van der Waals surface area contributed by atoms with Crippen molar-refractivity contribution in [2.45, 2.75) is 280 Å². The molecule has 744 valence electrons. The highest BCUT2D eigenvalue weighted by molar-refractivity contribution is 5.81. The average Bonchev–Trinajstić information content (AvgIpc) is 0.863. The molecule has 0 aromatic carbocycles. The molecule has 0 atom stereocenters. The van der Waals surface area contributed by atoms with Gasteiger partial charge in [-0.2, -0.15) is 40.8 Å². The number of hydrogen-bond donors (Lipinski definition) is 3. The highest BCUT2D eigenvalue weighted by atomic mass is 16.2. The second kappa shape index (κ2) is 63.9. The molecule has 27 nitrogen and oxygen atoms in total. The van der Waals surface area contributed by atoms with E-state index in [2.05, 4.69) is 272 Å². The molecule has 3 N–H and O–H groups in total. The van der Waals surface area contributed by atoms with Crippen LogP contribution in [0.15, 0.2) is 269 Å². The lowest BCUT2D eigenvalue weighted by Crippen LogP contribution is -2.19. The smallest absolute Gasteiger partial charge is 0.266 e. The van der Waals surface area contributed by atoms with Crippen LogP contribution < -0.4 is 49.5 Å². The summed E-state index contributed by atoms with van der Waals surface area (Å²) in [6, 6.07) is 28.4. The zero-order valence-corrected chi connectivity index (χ0v) is 89.2. The third-order valence-electron chi connectivity index (χ3n) is 20.9. The van der Waals surface area contributed by atoms with Crippen molar-refractivity contribution in [3.05, 3.63) is 366 Å². The molecule has 0 spiro atoms. The maximum Gasteiger partial charge on any atom is 0.266 e. The van der Waals surface area contributed by atoms with Gasteiger partial charge in [0.25, 0.3) is 33.4 Å².